The maximum Gasteiger partial charge on any atom is 0.227 e. The van der Waals surface area contributed by atoms with Crippen molar-refractivity contribution in [2.24, 2.45) is 5.92 Å². The van der Waals surface area contributed by atoms with Crippen LogP contribution in [0.1, 0.15) is 25.3 Å². The van der Waals surface area contributed by atoms with E-state index in [1.807, 2.05) is 19.1 Å². The molecule has 0 aliphatic carbocycles. The number of amides is 1. The lowest BCUT2D eigenvalue weighted by Gasteiger charge is -2.27. The molecule has 0 saturated carbocycles. The molecule has 2 aromatic carbocycles. The number of halogens is 2. The predicted octanol–water partition coefficient (Wildman–Crippen LogP) is 4.68. The number of hydrogen-bond acceptors (Lipinski definition) is 4. The van der Waals surface area contributed by atoms with Crippen LogP contribution < -0.4 is 20.1 Å². The number of methoxy groups -OCH3 is 1. The summed E-state index contributed by atoms with van der Waals surface area (Å²) >= 11 is 0. The highest BCUT2D eigenvalue weighted by atomic mass is 35.5. The monoisotopic (exact) mass is 408 g/mol. The largest absolute Gasteiger partial charge is 0.493 e. The van der Waals surface area contributed by atoms with Crippen LogP contribution >= 0.6 is 12.4 Å². The summed E-state index contributed by atoms with van der Waals surface area (Å²) in [5.74, 6) is 0.364. The van der Waals surface area contributed by atoms with Gasteiger partial charge in [0, 0.05) is 23.7 Å². The van der Waals surface area contributed by atoms with E-state index in [-0.39, 0.29) is 30.0 Å². The lowest BCUT2D eigenvalue weighted by molar-refractivity contribution is -0.120. The fourth-order valence-electron chi connectivity index (χ4n) is 3.25. The maximum absolute atomic E-state index is 14.5. The molecule has 0 spiro atoms. The van der Waals surface area contributed by atoms with Crippen molar-refractivity contribution >= 4 is 24.0 Å². The number of piperidine rings is 1. The Kier molecular flexibility index (Phi) is 7.66. The SMILES string of the molecule is COc1cc(C)ccc1Oc1ccc(NC(=O)[C@H]2CCN[C@@H](C)C2)cc1F.Cl. The summed E-state index contributed by atoms with van der Waals surface area (Å²) in [5, 5.41) is 6.12. The first kappa shape index (κ1) is 22.0. The molecule has 1 heterocycles. The van der Waals surface area contributed by atoms with E-state index >= 15 is 0 Å². The van der Waals surface area contributed by atoms with Gasteiger partial charge in [-0.2, -0.15) is 0 Å². The molecule has 0 aromatic heterocycles. The number of carbonyl (C=O) groups excluding carboxylic acids is 1. The van der Waals surface area contributed by atoms with Gasteiger partial charge >= 0.3 is 0 Å². The van der Waals surface area contributed by atoms with Crippen LogP contribution in [0.4, 0.5) is 10.1 Å². The van der Waals surface area contributed by atoms with Gasteiger partial charge < -0.3 is 20.1 Å². The molecule has 28 heavy (non-hydrogen) atoms. The van der Waals surface area contributed by atoms with Crippen molar-refractivity contribution in [1.82, 2.24) is 5.32 Å². The van der Waals surface area contributed by atoms with Crippen LogP contribution in [0.15, 0.2) is 36.4 Å². The zero-order chi connectivity index (χ0) is 19.4. The van der Waals surface area contributed by atoms with Gasteiger partial charge in [0.15, 0.2) is 23.1 Å². The van der Waals surface area contributed by atoms with Crippen LogP contribution in [0.25, 0.3) is 0 Å². The fourth-order valence-corrected chi connectivity index (χ4v) is 3.25. The second-order valence-electron chi connectivity index (χ2n) is 6.97. The highest BCUT2D eigenvalue weighted by molar-refractivity contribution is 5.92. The normalized spacial score (nSPS) is 18.7. The van der Waals surface area contributed by atoms with Crippen LogP contribution in [0.2, 0.25) is 0 Å². The average molecular weight is 409 g/mol. The van der Waals surface area contributed by atoms with E-state index < -0.39 is 5.82 Å². The van der Waals surface area contributed by atoms with E-state index in [2.05, 4.69) is 17.6 Å². The third kappa shape index (κ3) is 5.36. The Bertz CT molecular complexity index is 831. The van der Waals surface area contributed by atoms with Crippen LogP contribution in [-0.2, 0) is 4.79 Å². The lowest BCUT2D eigenvalue weighted by Crippen LogP contribution is -2.40. The Hall–Kier alpha value is -2.31. The highest BCUT2D eigenvalue weighted by Crippen LogP contribution is 2.34. The minimum absolute atomic E-state index is 0. The molecular weight excluding hydrogens is 383 g/mol. The minimum Gasteiger partial charge on any atom is -0.493 e. The molecule has 2 aromatic rings. The average Bonchev–Trinajstić information content (AvgIpc) is 2.65. The molecule has 0 bridgehead atoms. The van der Waals surface area contributed by atoms with E-state index in [0.717, 1.165) is 24.9 Å². The zero-order valence-corrected chi connectivity index (χ0v) is 17.1. The quantitative estimate of drug-likeness (QED) is 0.753. The Labute approximate surface area is 171 Å². The van der Waals surface area contributed by atoms with Gasteiger partial charge in [-0.25, -0.2) is 4.39 Å². The van der Waals surface area contributed by atoms with Crippen LogP contribution in [0.5, 0.6) is 17.2 Å². The Morgan fingerprint density at radius 1 is 1.18 bits per heavy atom. The predicted molar refractivity (Wildman–Crippen MR) is 110 cm³/mol. The number of ether oxygens (including phenoxy) is 2. The van der Waals surface area contributed by atoms with E-state index in [0.29, 0.717) is 23.2 Å². The minimum atomic E-state index is -0.547. The molecule has 1 fully saturated rings. The number of aryl methyl sites for hydroxylation is 1. The van der Waals surface area contributed by atoms with Gasteiger partial charge in [0.1, 0.15) is 0 Å². The van der Waals surface area contributed by atoms with Crippen molar-refractivity contribution in [3.05, 3.63) is 47.8 Å². The number of carbonyl (C=O) groups is 1. The smallest absolute Gasteiger partial charge is 0.227 e. The standard InChI is InChI=1S/C21H25FN2O3.ClH/c1-13-4-6-19(20(10-13)26-3)27-18-7-5-16(12-17(18)22)24-21(25)15-8-9-23-14(2)11-15;/h4-7,10,12,14-15,23H,8-9,11H2,1-3H3,(H,24,25);1H/t14-,15-;/m0./s1. The fraction of sp³-hybridized carbons (Fsp3) is 0.381. The topological polar surface area (TPSA) is 59.6 Å². The molecule has 2 N–H and O–H groups in total. The molecule has 7 heteroatoms. The van der Waals surface area contributed by atoms with Gasteiger partial charge in [0.25, 0.3) is 0 Å². The molecule has 1 aliphatic heterocycles. The van der Waals surface area contributed by atoms with Crippen LogP contribution in [-0.4, -0.2) is 25.6 Å². The van der Waals surface area contributed by atoms with Crippen molar-refractivity contribution in [2.45, 2.75) is 32.7 Å². The second-order valence-corrected chi connectivity index (χ2v) is 6.97. The van der Waals surface area contributed by atoms with Crippen molar-refractivity contribution in [1.29, 1.82) is 0 Å². The van der Waals surface area contributed by atoms with Gasteiger partial charge in [0.05, 0.1) is 7.11 Å². The van der Waals surface area contributed by atoms with Gasteiger partial charge in [0.2, 0.25) is 5.91 Å². The summed E-state index contributed by atoms with van der Waals surface area (Å²) in [7, 11) is 1.54. The van der Waals surface area contributed by atoms with E-state index in [9.17, 15) is 9.18 Å². The first-order valence-electron chi connectivity index (χ1n) is 9.12. The van der Waals surface area contributed by atoms with Crippen LogP contribution in [0.3, 0.4) is 0 Å². The molecule has 1 amide bonds. The summed E-state index contributed by atoms with van der Waals surface area (Å²) in [4.78, 5) is 12.4. The zero-order valence-electron chi connectivity index (χ0n) is 16.3. The van der Waals surface area contributed by atoms with Crippen molar-refractivity contribution in [3.8, 4) is 17.2 Å². The first-order chi connectivity index (χ1) is 13.0. The van der Waals surface area contributed by atoms with Gasteiger partial charge in [-0.05, 0) is 63.1 Å². The number of benzene rings is 2. The van der Waals surface area contributed by atoms with Gasteiger partial charge in [-0.3, -0.25) is 4.79 Å². The summed E-state index contributed by atoms with van der Waals surface area (Å²) in [6, 6.07) is 10.2. The molecule has 5 nitrogen and oxygen atoms in total. The van der Waals surface area contributed by atoms with Crippen molar-refractivity contribution in [3.63, 3.8) is 0 Å². The Balaban J connectivity index is 0.00000280. The Morgan fingerprint density at radius 3 is 2.61 bits per heavy atom. The molecular formula is C21H26ClFN2O3. The molecule has 1 aliphatic rings. The number of nitrogens with one attached hydrogen (secondary N) is 2. The maximum atomic E-state index is 14.5. The highest BCUT2D eigenvalue weighted by Gasteiger charge is 2.25. The summed E-state index contributed by atoms with van der Waals surface area (Å²) in [5.41, 5.74) is 1.44. The van der Waals surface area contributed by atoms with Crippen molar-refractivity contribution < 1.29 is 18.7 Å². The number of hydrogen-bond donors (Lipinski definition) is 2. The third-order valence-electron chi connectivity index (χ3n) is 4.73. The van der Waals surface area contributed by atoms with Gasteiger partial charge in [-0.15, -0.1) is 12.4 Å². The number of rotatable bonds is 5. The molecule has 1 saturated heterocycles. The first-order valence-corrected chi connectivity index (χ1v) is 9.12. The molecule has 0 radical (unpaired) electrons. The van der Waals surface area contributed by atoms with Crippen LogP contribution in [0, 0.1) is 18.7 Å². The van der Waals surface area contributed by atoms with E-state index in [1.165, 1.54) is 19.2 Å². The van der Waals surface area contributed by atoms with Crippen molar-refractivity contribution in [2.75, 3.05) is 19.0 Å². The van der Waals surface area contributed by atoms with Gasteiger partial charge in [-0.1, -0.05) is 6.07 Å². The third-order valence-corrected chi connectivity index (χ3v) is 4.73. The number of anilines is 1. The summed E-state index contributed by atoms with van der Waals surface area (Å²) < 4.78 is 25.4. The summed E-state index contributed by atoms with van der Waals surface area (Å²) in [6.07, 6.45) is 1.57. The van der Waals surface area contributed by atoms with E-state index in [1.54, 1.807) is 12.1 Å². The lowest BCUT2D eigenvalue weighted by atomic mass is 9.92. The van der Waals surface area contributed by atoms with E-state index in [4.69, 9.17) is 9.47 Å². The molecule has 0 unspecified atom stereocenters. The molecule has 2 atom stereocenters. The summed E-state index contributed by atoms with van der Waals surface area (Å²) in [6.45, 7) is 4.82. The molecule has 3 rings (SSSR count). The second kappa shape index (κ2) is 9.75. The molecule has 152 valence electrons. The Morgan fingerprint density at radius 2 is 1.93 bits per heavy atom.